The summed E-state index contributed by atoms with van der Waals surface area (Å²) in [7, 11) is 0. The number of thioether (sulfide) groups is 1. The van der Waals surface area contributed by atoms with Crippen molar-refractivity contribution in [1.82, 2.24) is 9.78 Å². The molecule has 0 bridgehead atoms. The molecule has 0 aliphatic carbocycles. The molecule has 0 fully saturated rings. The molecule has 0 saturated carbocycles. The van der Waals surface area contributed by atoms with Gasteiger partial charge in [-0.2, -0.15) is 0 Å². The van der Waals surface area contributed by atoms with Gasteiger partial charge < -0.3 is 0 Å². The second kappa shape index (κ2) is 5.18. The molecule has 1 aliphatic rings. The van der Waals surface area contributed by atoms with Gasteiger partial charge in [-0.1, -0.05) is 23.9 Å². The monoisotopic (exact) mass is 305 g/mol. The maximum absolute atomic E-state index is 13.1. The molecule has 1 N–H and O–H groups in total. The van der Waals surface area contributed by atoms with Crippen LogP contribution < -0.4 is 5.56 Å². The van der Waals surface area contributed by atoms with E-state index in [1.807, 2.05) is 20.8 Å². The molecule has 0 spiro atoms. The zero-order valence-electron chi connectivity index (χ0n) is 12.1. The summed E-state index contributed by atoms with van der Waals surface area (Å²) in [5.41, 5.74) is 1.42. The van der Waals surface area contributed by atoms with Gasteiger partial charge in [0.2, 0.25) is 0 Å². The summed E-state index contributed by atoms with van der Waals surface area (Å²) in [5, 5.41) is 3.60. The van der Waals surface area contributed by atoms with Crippen molar-refractivity contribution in [3.8, 4) is 0 Å². The van der Waals surface area contributed by atoms with Gasteiger partial charge in [0.05, 0.1) is 15.9 Å². The first-order valence-electron chi connectivity index (χ1n) is 6.79. The predicted octanol–water partition coefficient (Wildman–Crippen LogP) is 3.78. The number of aromatic nitrogens is 2. The first kappa shape index (κ1) is 14.1. The van der Waals surface area contributed by atoms with Gasteiger partial charge in [0, 0.05) is 6.04 Å². The fraction of sp³-hybridized carbons (Fsp3) is 0.333. The second-order valence-corrected chi connectivity index (χ2v) is 6.62. The molecule has 110 valence electrons. The van der Waals surface area contributed by atoms with Crippen LogP contribution in [0.4, 0.5) is 10.2 Å². The van der Waals surface area contributed by atoms with Gasteiger partial charge in [0.1, 0.15) is 5.82 Å². The largest absolute Gasteiger partial charge is 0.271 e. The van der Waals surface area contributed by atoms with Crippen LogP contribution in [-0.2, 0) is 0 Å². The zero-order valence-corrected chi connectivity index (χ0v) is 12.9. The highest BCUT2D eigenvalue weighted by molar-refractivity contribution is 8.14. The van der Waals surface area contributed by atoms with E-state index >= 15 is 0 Å². The number of nitrogens with one attached hydrogen (secondary N) is 1. The summed E-state index contributed by atoms with van der Waals surface area (Å²) in [6, 6.07) is 6.41. The molecule has 1 aromatic carbocycles. The van der Waals surface area contributed by atoms with E-state index in [1.165, 1.54) is 23.9 Å². The Balaban J connectivity index is 2.18. The topological polar surface area (TPSA) is 50.1 Å². The normalized spacial score (nSPS) is 17.8. The molecule has 1 aliphatic heterocycles. The van der Waals surface area contributed by atoms with Gasteiger partial charge in [-0.25, -0.2) is 9.38 Å². The van der Waals surface area contributed by atoms with Gasteiger partial charge in [-0.3, -0.25) is 14.6 Å². The van der Waals surface area contributed by atoms with E-state index in [-0.39, 0.29) is 22.7 Å². The minimum absolute atomic E-state index is 0.120. The number of H-pyrrole nitrogens is 1. The van der Waals surface area contributed by atoms with Crippen LogP contribution in [0, 0.1) is 5.82 Å². The first-order valence-corrected chi connectivity index (χ1v) is 7.67. The van der Waals surface area contributed by atoms with E-state index in [4.69, 9.17) is 0 Å². The molecule has 6 heteroatoms. The fourth-order valence-corrected chi connectivity index (χ4v) is 3.56. The van der Waals surface area contributed by atoms with Crippen molar-refractivity contribution < 1.29 is 4.39 Å². The van der Waals surface area contributed by atoms with Gasteiger partial charge in [-0.05, 0) is 38.5 Å². The minimum Gasteiger partial charge on any atom is -0.268 e. The molecule has 1 aromatic heterocycles. The molecule has 1 atom stereocenters. The first-order chi connectivity index (χ1) is 9.97. The summed E-state index contributed by atoms with van der Waals surface area (Å²) in [6.45, 7) is 5.91. The Morgan fingerprint density at radius 1 is 1.33 bits per heavy atom. The number of aliphatic imine (C=N–C) groups is 1. The van der Waals surface area contributed by atoms with Crippen LogP contribution in [0.15, 0.2) is 34.1 Å². The SMILES string of the molecule is CC1=Nc2c(c(=O)[nH]n2C(C)C)[C@H](c2ccc(F)cc2)S1. The number of rotatable bonds is 2. The average molecular weight is 305 g/mol. The standard InChI is InChI=1S/C15H16FN3OS/c1-8(2)19-14-12(15(20)18-19)13(21-9(3)17-14)10-4-6-11(16)7-5-10/h4-8,13H,1-3H3,(H,18,20)/t13-/m0/s1. The summed E-state index contributed by atoms with van der Waals surface area (Å²) >= 11 is 1.52. The maximum atomic E-state index is 13.1. The Morgan fingerprint density at radius 3 is 2.62 bits per heavy atom. The molecule has 0 saturated heterocycles. The van der Waals surface area contributed by atoms with Crippen molar-refractivity contribution in [2.24, 2.45) is 4.99 Å². The molecular formula is C15H16FN3OS. The number of fused-ring (bicyclic) bond motifs is 1. The van der Waals surface area contributed by atoms with Crippen LogP contribution in [0.25, 0.3) is 0 Å². The van der Waals surface area contributed by atoms with Gasteiger partial charge >= 0.3 is 0 Å². The third-order valence-corrected chi connectivity index (χ3v) is 4.61. The average Bonchev–Trinajstić information content (AvgIpc) is 2.76. The Morgan fingerprint density at radius 2 is 2.00 bits per heavy atom. The number of halogens is 1. The van der Waals surface area contributed by atoms with Crippen molar-refractivity contribution in [1.29, 1.82) is 0 Å². The number of hydrogen-bond donors (Lipinski definition) is 1. The number of aromatic amines is 1. The van der Waals surface area contributed by atoms with Crippen LogP contribution in [0.5, 0.6) is 0 Å². The molecule has 0 amide bonds. The lowest BCUT2D eigenvalue weighted by Gasteiger charge is -2.21. The van der Waals surface area contributed by atoms with E-state index in [0.29, 0.717) is 11.4 Å². The fourth-order valence-electron chi connectivity index (χ4n) is 2.46. The molecular weight excluding hydrogens is 289 g/mol. The molecule has 3 rings (SSSR count). The Labute approximate surface area is 126 Å². The zero-order chi connectivity index (χ0) is 15.1. The second-order valence-electron chi connectivity index (χ2n) is 5.32. The van der Waals surface area contributed by atoms with E-state index < -0.39 is 0 Å². The summed E-state index contributed by atoms with van der Waals surface area (Å²) in [4.78, 5) is 16.8. The molecule has 21 heavy (non-hydrogen) atoms. The van der Waals surface area contributed by atoms with Crippen LogP contribution in [0.3, 0.4) is 0 Å². The number of nitrogens with zero attached hydrogens (tertiary/aromatic N) is 2. The van der Waals surface area contributed by atoms with E-state index in [0.717, 1.165) is 10.6 Å². The van der Waals surface area contributed by atoms with Crippen molar-refractivity contribution in [2.45, 2.75) is 32.1 Å². The highest BCUT2D eigenvalue weighted by atomic mass is 32.2. The quantitative estimate of drug-likeness (QED) is 0.918. The summed E-state index contributed by atoms with van der Waals surface area (Å²) in [6.07, 6.45) is 0. The van der Waals surface area contributed by atoms with Gasteiger partial charge in [0.15, 0.2) is 5.82 Å². The number of benzene rings is 1. The van der Waals surface area contributed by atoms with Crippen molar-refractivity contribution in [3.05, 3.63) is 51.6 Å². The highest BCUT2D eigenvalue weighted by Gasteiger charge is 2.30. The third-order valence-electron chi connectivity index (χ3n) is 3.44. The lowest BCUT2D eigenvalue weighted by molar-refractivity contribution is 0.533. The van der Waals surface area contributed by atoms with Crippen LogP contribution in [-0.4, -0.2) is 14.8 Å². The van der Waals surface area contributed by atoms with E-state index in [1.54, 1.807) is 16.8 Å². The maximum Gasteiger partial charge on any atom is 0.271 e. The summed E-state index contributed by atoms with van der Waals surface area (Å²) in [5.74, 6) is 0.402. The lowest BCUT2D eigenvalue weighted by atomic mass is 10.1. The minimum atomic E-state index is -0.279. The number of hydrogen-bond acceptors (Lipinski definition) is 3. The molecule has 4 nitrogen and oxygen atoms in total. The lowest BCUT2D eigenvalue weighted by Crippen LogP contribution is -2.13. The summed E-state index contributed by atoms with van der Waals surface area (Å²) < 4.78 is 14.9. The third kappa shape index (κ3) is 2.44. The van der Waals surface area contributed by atoms with E-state index in [2.05, 4.69) is 10.1 Å². The van der Waals surface area contributed by atoms with Crippen LogP contribution in [0.2, 0.25) is 0 Å². The Kier molecular flexibility index (Phi) is 3.49. The molecule has 0 unspecified atom stereocenters. The Hall–Kier alpha value is -1.82. The van der Waals surface area contributed by atoms with Crippen LogP contribution in [0.1, 0.15) is 43.2 Å². The predicted molar refractivity (Wildman–Crippen MR) is 84.0 cm³/mol. The van der Waals surface area contributed by atoms with Gasteiger partial charge in [-0.15, -0.1) is 0 Å². The van der Waals surface area contributed by atoms with Crippen molar-refractivity contribution >= 4 is 22.6 Å². The van der Waals surface area contributed by atoms with Crippen molar-refractivity contribution in [2.75, 3.05) is 0 Å². The van der Waals surface area contributed by atoms with Crippen molar-refractivity contribution in [3.63, 3.8) is 0 Å². The van der Waals surface area contributed by atoms with Crippen LogP contribution >= 0.6 is 11.8 Å². The smallest absolute Gasteiger partial charge is 0.268 e. The van der Waals surface area contributed by atoms with Gasteiger partial charge in [0.25, 0.3) is 5.56 Å². The molecule has 0 radical (unpaired) electrons. The van der Waals surface area contributed by atoms with E-state index in [9.17, 15) is 9.18 Å². The molecule has 2 heterocycles. The molecule has 2 aromatic rings. The Bertz CT molecular complexity index is 758. The highest BCUT2D eigenvalue weighted by Crippen LogP contribution is 2.43.